The van der Waals surface area contributed by atoms with E-state index >= 15 is 0 Å². The van der Waals surface area contributed by atoms with E-state index in [9.17, 15) is 9.59 Å². The molecule has 2 heteroatoms. The maximum atomic E-state index is 11.8. The molecule has 1 aromatic carbocycles. The molecular formula is C14H14O2. The number of benzene rings is 1. The number of Topliss-reactive ketones (excluding diaryl/α,β-unsaturated/α-hetero) is 2. The monoisotopic (exact) mass is 214 g/mol. The van der Waals surface area contributed by atoms with Crippen molar-refractivity contribution in [1.29, 1.82) is 0 Å². The Morgan fingerprint density at radius 3 is 2.81 bits per heavy atom. The normalized spacial score (nSPS) is 14.3. The number of carbonyl (C=O) groups is 2. The van der Waals surface area contributed by atoms with Crippen LogP contribution >= 0.6 is 0 Å². The highest BCUT2D eigenvalue weighted by molar-refractivity contribution is 6.03. The van der Waals surface area contributed by atoms with Crippen LogP contribution in [0.2, 0.25) is 0 Å². The van der Waals surface area contributed by atoms with Crippen LogP contribution < -0.4 is 0 Å². The molecule has 1 aliphatic carbocycles. The summed E-state index contributed by atoms with van der Waals surface area (Å²) in [7, 11) is 0. The zero-order valence-electron chi connectivity index (χ0n) is 9.32. The van der Waals surface area contributed by atoms with Gasteiger partial charge < -0.3 is 4.79 Å². The molecule has 1 aliphatic rings. The van der Waals surface area contributed by atoms with Crippen LogP contribution in [0.25, 0.3) is 6.08 Å². The summed E-state index contributed by atoms with van der Waals surface area (Å²) in [5.74, 6) is 0.337. The number of fused-ring (bicyclic) bond motifs is 1. The van der Waals surface area contributed by atoms with Crippen molar-refractivity contribution in [2.24, 2.45) is 0 Å². The molecule has 0 spiro atoms. The van der Waals surface area contributed by atoms with Crippen LogP contribution in [0.1, 0.15) is 42.1 Å². The van der Waals surface area contributed by atoms with Crippen LogP contribution in [0.4, 0.5) is 0 Å². The van der Waals surface area contributed by atoms with Crippen LogP contribution in [0, 0.1) is 0 Å². The molecule has 0 aromatic heterocycles. The summed E-state index contributed by atoms with van der Waals surface area (Å²) in [4.78, 5) is 22.7. The molecule has 16 heavy (non-hydrogen) atoms. The van der Waals surface area contributed by atoms with Gasteiger partial charge in [0, 0.05) is 18.4 Å². The second-order valence-electron chi connectivity index (χ2n) is 4.19. The molecule has 0 aliphatic heterocycles. The van der Waals surface area contributed by atoms with Crippen molar-refractivity contribution in [3.8, 4) is 0 Å². The first-order valence-corrected chi connectivity index (χ1v) is 5.48. The minimum Gasteiger partial charge on any atom is -0.300 e. The molecule has 1 aromatic rings. The lowest BCUT2D eigenvalue weighted by molar-refractivity contribution is -0.116. The van der Waals surface area contributed by atoms with E-state index in [1.54, 1.807) is 6.92 Å². The Kier molecular flexibility index (Phi) is 3.00. The van der Waals surface area contributed by atoms with E-state index in [-0.39, 0.29) is 11.6 Å². The molecule has 2 rings (SSSR count). The van der Waals surface area contributed by atoms with Gasteiger partial charge in [-0.2, -0.15) is 0 Å². The first kappa shape index (κ1) is 10.8. The molecule has 0 amide bonds. The van der Waals surface area contributed by atoms with Crippen molar-refractivity contribution in [2.45, 2.75) is 26.2 Å². The van der Waals surface area contributed by atoms with Gasteiger partial charge in [0.05, 0.1) is 0 Å². The number of rotatable bonds is 3. The van der Waals surface area contributed by atoms with Crippen molar-refractivity contribution in [1.82, 2.24) is 0 Å². The van der Waals surface area contributed by atoms with E-state index in [0.29, 0.717) is 19.3 Å². The molecule has 0 bridgehead atoms. The summed E-state index contributed by atoms with van der Waals surface area (Å²) in [6.45, 7) is 1.58. The van der Waals surface area contributed by atoms with E-state index in [1.165, 1.54) is 0 Å². The van der Waals surface area contributed by atoms with Gasteiger partial charge >= 0.3 is 0 Å². The molecule has 0 saturated heterocycles. The first-order chi connectivity index (χ1) is 7.66. The molecule has 0 N–H and O–H groups in total. The predicted octanol–water partition coefficient (Wildman–Crippen LogP) is 3.03. The highest BCUT2D eigenvalue weighted by Gasteiger charge is 2.17. The Hall–Kier alpha value is -1.70. The number of carbonyl (C=O) groups excluding carboxylic acids is 2. The molecule has 0 fully saturated rings. The zero-order valence-corrected chi connectivity index (χ0v) is 9.32. The van der Waals surface area contributed by atoms with E-state index in [1.807, 2.05) is 30.3 Å². The first-order valence-electron chi connectivity index (χ1n) is 5.48. The third kappa shape index (κ3) is 2.27. The topological polar surface area (TPSA) is 34.1 Å². The molecule has 0 heterocycles. The fourth-order valence-electron chi connectivity index (χ4n) is 1.95. The van der Waals surface area contributed by atoms with Crippen LogP contribution in [-0.4, -0.2) is 11.6 Å². The van der Waals surface area contributed by atoms with Crippen molar-refractivity contribution in [3.63, 3.8) is 0 Å². The van der Waals surface area contributed by atoms with Gasteiger partial charge in [-0.15, -0.1) is 0 Å². The number of hydrogen-bond acceptors (Lipinski definition) is 2. The summed E-state index contributed by atoms with van der Waals surface area (Å²) in [6.07, 6.45) is 3.74. The van der Waals surface area contributed by atoms with Crippen LogP contribution in [-0.2, 0) is 4.79 Å². The summed E-state index contributed by atoms with van der Waals surface area (Å²) >= 11 is 0. The third-order valence-electron chi connectivity index (χ3n) is 2.81. The maximum absolute atomic E-state index is 11.8. The SMILES string of the molecule is CC(=O)CCC1=Cc2ccccc2C(=O)C1. The van der Waals surface area contributed by atoms with Gasteiger partial charge in [-0.25, -0.2) is 0 Å². The molecular weight excluding hydrogens is 200 g/mol. The molecule has 0 saturated carbocycles. The number of hydrogen-bond donors (Lipinski definition) is 0. The van der Waals surface area contributed by atoms with Crippen molar-refractivity contribution in [3.05, 3.63) is 41.0 Å². The van der Waals surface area contributed by atoms with Gasteiger partial charge in [0.15, 0.2) is 5.78 Å². The largest absolute Gasteiger partial charge is 0.300 e. The minimum absolute atomic E-state index is 0.164. The van der Waals surface area contributed by atoms with Crippen molar-refractivity contribution in [2.75, 3.05) is 0 Å². The Bertz CT molecular complexity index is 469. The van der Waals surface area contributed by atoms with E-state index in [2.05, 4.69) is 0 Å². The Morgan fingerprint density at radius 1 is 1.31 bits per heavy atom. The Labute approximate surface area is 95.0 Å². The van der Waals surface area contributed by atoms with Crippen LogP contribution in [0.3, 0.4) is 0 Å². The third-order valence-corrected chi connectivity index (χ3v) is 2.81. The molecule has 2 nitrogen and oxygen atoms in total. The smallest absolute Gasteiger partial charge is 0.167 e. The molecule has 0 unspecified atom stereocenters. The predicted molar refractivity (Wildman–Crippen MR) is 63.3 cm³/mol. The van der Waals surface area contributed by atoms with Crippen LogP contribution in [0.5, 0.6) is 0 Å². The van der Waals surface area contributed by atoms with E-state index in [4.69, 9.17) is 0 Å². The van der Waals surface area contributed by atoms with Gasteiger partial charge in [0.2, 0.25) is 0 Å². The molecule has 0 radical (unpaired) electrons. The van der Waals surface area contributed by atoms with Gasteiger partial charge in [-0.3, -0.25) is 4.79 Å². The van der Waals surface area contributed by atoms with Gasteiger partial charge in [-0.05, 0) is 18.9 Å². The summed E-state index contributed by atoms with van der Waals surface area (Å²) in [5.41, 5.74) is 2.85. The second kappa shape index (κ2) is 4.44. The fourth-order valence-corrected chi connectivity index (χ4v) is 1.95. The van der Waals surface area contributed by atoms with Gasteiger partial charge in [0.25, 0.3) is 0 Å². The fraction of sp³-hybridized carbons (Fsp3) is 0.286. The molecule has 82 valence electrons. The second-order valence-corrected chi connectivity index (χ2v) is 4.19. The Balaban J connectivity index is 2.23. The highest BCUT2D eigenvalue weighted by atomic mass is 16.1. The lowest BCUT2D eigenvalue weighted by atomic mass is 9.89. The van der Waals surface area contributed by atoms with Gasteiger partial charge in [-0.1, -0.05) is 35.9 Å². The average Bonchev–Trinajstić information content (AvgIpc) is 2.26. The number of allylic oxidation sites excluding steroid dienone is 1. The standard InChI is InChI=1S/C14H14O2/c1-10(15)6-7-11-8-12-4-2-3-5-13(12)14(16)9-11/h2-5,8H,6-7,9H2,1H3. The van der Waals surface area contributed by atoms with Crippen LogP contribution in [0.15, 0.2) is 29.8 Å². The van der Waals surface area contributed by atoms with E-state index in [0.717, 1.165) is 16.7 Å². The minimum atomic E-state index is 0.164. The lowest BCUT2D eigenvalue weighted by Gasteiger charge is -2.14. The summed E-state index contributed by atoms with van der Waals surface area (Å²) in [6, 6.07) is 7.61. The quantitative estimate of drug-likeness (QED) is 0.775. The van der Waals surface area contributed by atoms with Crippen molar-refractivity contribution >= 4 is 17.6 Å². The summed E-state index contributed by atoms with van der Waals surface area (Å²) in [5, 5.41) is 0. The molecule has 0 atom stereocenters. The van der Waals surface area contributed by atoms with Crippen molar-refractivity contribution < 1.29 is 9.59 Å². The Morgan fingerprint density at radius 2 is 2.06 bits per heavy atom. The zero-order chi connectivity index (χ0) is 11.5. The lowest BCUT2D eigenvalue weighted by Crippen LogP contribution is -2.08. The summed E-state index contributed by atoms with van der Waals surface area (Å²) < 4.78 is 0. The van der Waals surface area contributed by atoms with Gasteiger partial charge in [0.1, 0.15) is 5.78 Å². The van der Waals surface area contributed by atoms with E-state index < -0.39 is 0 Å². The highest BCUT2D eigenvalue weighted by Crippen LogP contribution is 2.26. The average molecular weight is 214 g/mol. The number of ketones is 2. The maximum Gasteiger partial charge on any atom is 0.167 e.